The van der Waals surface area contributed by atoms with Gasteiger partial charge in [0.2, 0.25) is 0 Å². The van der Waals surface area contributed by atoms with Gasteiger partial charge in [-0.15, -0.1) is 0 Å². The largest absolute Gasteiger partial charge is 0.366 e. The van der Waals surface area contributed by atoms with Crippen LogP contribution in [0.1, 0.15) is 0 Å². The summed E-state index contributed by atoms with van der Waals surface area (Å²) in [5.41, 5.74) is 0.441. The van der Waals surface area contributed by atoms with Gasteiger partial charge in [-0.05, 0) is 24.3 Å². The molecule has 0 atom stereocenters. The zero-order chi connectivity index (χ0) is 17.8. The number of carbonyl (C=O) groups is 2. The number of hydrogen-bond acceptors (Lipinski definition) is 3. The average Bonchev–Trinajstić information content (AvgIpc) is 2.63. The summed E-state index contributed by atoms with van der Waals surface area (Å²) in [5, 5.41) is 2.28. The quantitative estimate of drug-likeness (QED) is 0.850. The molecule has 2 aromatic rings. The number of nitrogens with one attached hydrogen (secondary N) is 1. The van der Waals surface area contributed by atoms with Crippen LogP contribution in [0.5, 0.6) is 0 Å². The second kappa shape index (κ2) is 7.29. The number of carbonyl (C=O) groups excluding carboxylic acids is 2. The molecule has 0 unspecified atom stereocenters. The number of anilines is 2. The number of rotatable bonds is 2. The standard InChI is InChI=1S/C18H17F2N3O2/c19-13-5-1-3-7-15(13)21-17(24)18(25)23-11-9-22(10-12-23)16-8-4-2-6-14(16)20/h1-8H,9-12H2,(H,21,24). The van der Waals surface area contributed by atoms with Gasteiger partial charge in [-0.3, -0.25) is 9.59 Å². The van der Waals surface area contributed by atoms with Crippen LogP contribution in [0.15, 0.2) is 48.5 Å². The van der Waals surface area contributed by atoms with Crippen LogP contribution < -0.4 is 10.2 Å². The number of nitrogens with zero attached hydrogens (tertiary/aromatic N) is 2. The topological polar surface area (TPSA) is 52.7 Å². The minimum Gasteiger partial charge on any atom is -0.366 e. The summed E-state index contributed by atoms with van der Waals surface area (Å²) < 4.78 is 27.4. The Hall–Kier alpha value is -2.96. The van der Waals surface area contributed by atoms with Crippen molar-refractivity contribution in [2.24, 2.45) is 0 Å². The van der Waals surface area contributed by atoms with Gasteiger partial charge in [-0.25, -0.2) is 8.78 Å². The third-order valence-corrected chi connectivity index (χ3v) is 4.08. The first-order chi connectivity index (χ1) is 12.1. The van der Waals surface area contributed by atoms with Gasteiger partial charge < -0.3 is 15.1 Å². The molecule has 5 nitrogen and oxygen atoms in total. The van der Waals surface area contributed by atoms with Crippen LogP contribution in [0.2, 0.25) is 0 Å². The molecule has 25 heavy (non-hydrogen) atoms. The lowest BCUT2D eigenvalue weighted by molar-refractivity contribution is -0.143. The molecule has 7 heteroatoms. The Labute approximate surface area is 143 Å². The predicted molar refractivity (Wildman–Crippen MR) is 90.2 cm³/mol. The Morgan fingerprint density at radius 2 is 1.44 bits per heavy atom. The lowest BCUT2D eigenvalue weighted by Crippen LogP contribution is -2.51. The van der Waals surface area contributed by atoms with Crippen LogP contribution >= 0.6 is 0 Å². The highest BCUT2D eigenvalue weighted by atomic mass is 19.1. The van der Waals surface area contributed by atoms with Gasteiger partial charge in [0.05, 0.1) is 11.4 Å². The maximum atomic E-state index is 13.8. The summed E-state index contributed by atoms with van der Waals surface area (Å²) in [6.45, 7) is 1.41. The molecular weight excluding hydrogens is 328 g/mol. The highest BCUT2D eigenvalue weighted by Crippen LogP contribution is 2.20. The maximum Gasteiger partial charge on any atom is 0.313 e. The van der Waals surface area contributed by atoms with Gasteiger partial charge in [0.1, 0.15) is 11.6 Å². The van der Waals surface area contributed by atoms with Crippen molar-refractivity contribution < 1.29 is 18.4 Å². The summed E-state index contributed by atoms with van der Waals surface area (Å²) in [5.74, 6) is -2.53. The molecular formula is C18H17F2N3O2. The van der Waals surface area contributed by atoms with Gasteiger partial charge in [0.15, 0.2) is 0 Å². The van der Waals surface area contributed by atoms with Gasteiger partial charge in [0, 0.05) is 26.2 Å². The van der Waals surface area contributed by atoms with Crippen molar-refractivity contribution in [1.82, 2.24) is 4.90 Å². The van der Waals surface area contributed by atoms with Crippen molar-refractivity contribution in [2.45, 2.75) is 0 Å². The van der Waals surface area contributed by atoms with Crippen LogP contribution in [0.4, 0.5) is 20.2 Å². The molecule has 3 rings (SSSR count). The van der Waals surface area contributed by atoms with E-state index in [-0.39, 0.29) is 24.6 Å². The summed E-state index contributed by atoms with van der Waals surface area (Å²) in [6, 6.07) is 12.1. The zero-order valence-corrected chi connectivity index (χ0v) is 13.4. The van der Waals surface area contributed by atoms with Crippen molar-refractivity contribution >= 4 is 23.2 Å². The fourth-order valence-corrected chi connectivity index (χ4v) is 2.74. The minimum absolute atomic E-state index is 0.0363. The fraction of sp³-hybridized carbons (Fsp3) is 0.222. The van der Waals surface area contributed by atoms with E-state index in [1.807, 2.05) is 4.90 Å². The molecule has 2 aromatic carbocycles. The number of benzene rings is 2. The summed E-state index contributed by atoms with van der Waals surface area (Å²) in [7, 11) is 0. The summed E-state index contributed by atoms with van der Waals surface area (Å²) >= 11 is 0. The summed E-state index contributed by atoms with van der Waals surface area (Å²) in [6.07, 6.45) is 0. The van der Waals surface area contributed by atoms with E-state index in [0.717, 1.165) is 0 Å². The molecule has 1 N–H and O–H groups in total. The molecule has 1 aliphatic heterocycles. The van der Waals surface area contributed by atoms with Crippen LogP contribution in [-0.2, 0) is 9.59 Å². The van der Waals surface area contributed by atoms with Crippen molar-refractivity contribution in [1.29, 1.82) is 0 Å². The van der Waals surface area contributed by atoms with Gasteiger partial charge in [0.25, 0.3) is 0 Å². The first-order valence-electron chi connectivity index (χ1n) is 7.90. The van der Waals surface area contributed by atoms with E-state index in [1.54, 1.807) is 24.3 Å². The highest BCUT2D eigenvalue weighted by Gasteiger charge is 2.27. The minimum atomic E-state index is -0.885. The van der Waals surface area contributed by atoms with Crippen LogP contribution in [-0.4, -0.2) is 42.9 Å². The lowest BCUT2D eigenvalue weighted by atomic mass is 10.2. The summed E-state index contributed by atoms with van der Waals surface area (Å²) in [4.78, 5) is 27.5. The molecule has 1 aliphatic rings. The molecule has 0 spiro atoms. The molecule has 130 valence electrons. The van der Waals surface area contributed by atoms with Crippen molar-refractivity contribution in [2.75, 3.05) is 36.4 Å². The molecule has 0 aromatic heterocycles. The Morgan fingerprint density at radius 3 is 2.08 bits per heavy atom. The van der Waals surface area contributed by atoms with E-state index in [9.17, 15) is 18.4 Å². The van der Waals surface area contributed by atoms with E-state index in [0.29, 0.717) is 18.8 Å². The van der Waals surface area contributed by atoms with Crippen LogP contribution in [0, 0.1) is 11.6 Å². The van der Waals surface area contributed by atoms with Gasteiger partial charge in [-0.2, -0.15) is 0 Å². The Bertz CT molecular complexity index is 789. The van der Waals surface area contributed by atoms with Crippen molar-refractivity contribution in [3.63, 3.8) is 0 Å². The van der Waals surface area contributed by atoms with Gasteiger partial charge in [-0.1, -0.05) is 24.3 Å². The van der Waals surface area contributed by atoms with Crippen LogP contribution in [0.25, 0.3) is 0 Å². The number of piperazine rings is 1. The fourth-order valence-electron chi connectivity index (χ4n) is 2.74. The molecule has 2 amide bonds. The molecule has 0 bridgehead atoms. The lowest BCUT2D eigenvalue weighted by Gasteiger charge is -2.35. The molecule has 0 radical (unpaired) electrons. The SMILES string of the molecule is O=C(Nc1ccccc1F)C(=O)N1CCN(c2ccccc2F)CC1. The van der Waals surface area contributed by atoms with Crippen molar-refractivity contribution in [3.05, 3.63) is 60.2 Å². The Kier molecular flexibility index (Phi) is 4.92. The van der Waals surface area contributed by atoms with Crippen molar-refractivity contribution in [3.8, 4) is 0 Å². The number of para-hydroxylation sites is 2. The molecule has 0 saturated carbocycles. The number of halogens is 2. The molecule has 1 heterocycles. The smallest absolute Gasteiger partial charge is 0.313 e. The first kappa shape index (κ1) is 16.9. The first-order valence-corrected chi connectivity index (χ1v) is 7.90. The number of hydrogen-bond donors (Lipinski definition) is 1. The normalized spacial score (nSPS) is 14.3. The second-order valence-electron chi connectivity index (χ2n) is 5.66. The van der Waals surface area contributed by atoms with Gasteiger partial charge >= 0.3 is 11.8 Å². The van der Waals surface area contributed by atoms with E-state index in [2.05, 4.69) is 5.32 Å². The third-order valence-electron chi connectivity index (χ3n) is 4.08. The Morgan fingerprint density at radius 1 is 0.840 bits per heavy atom. The molecule has 1 saturated heterocycles. The van der Waals surface area contributed by atoms with E-state index < -0.39 is 17.6 Å². The zero-order valence-electron chi connectivity index (χ0n) is 13.4. The predicted octanol–water partition coefficient (Wildman–Crippen LogP) is 2.25. The monoisotopic (exact) mass is 345 g/mol. The maximum absolute atomic E-state index is 13.8. The van der Waals surface area contributed by atoms with E-state index >= 15 is 0 Å². The highest BCUT2D eigenvalue weighted by molar-refractivity contribution is 6.39. The molecule has 0 aliphatic carbocycles. The van der Waals surface area contributed by atoms with E-state index in [4.69, 9.17) is 0 Å². The van der Waals surface area contributed by atoms with E-state index in [1.165, 1.54) is 29.2 Å². The second-order valence-corrected chi connectivity index (χ2v) is 5.66. The van der Waals surface area contributed by atoms with Crippen LogP contribution in [0.3, 0.4) is 0 Å². The third kappa shape index (κ3) is 3.76. The number of amides is 2. The Balaban J connectivity index is 1.59. The molecule has 1 fully saturated rings. The average molecular weight is 345 g/mol.